The van der Waals surface area contributed by atoms with E-state index in [1.165, 1.54) is 7.11 Å². The average molecular weight is 378 g/mol. The Morgan fingerprint density at radius 2 is 1.96 bits per heavy atom. The molecular weight excluding hydrogens is 356 g/mol. The molecule has 0 aliphatic carbocycles. The summed E-state index contributed by atoms with van der Waals surface area (Å²) in [4.78, 5) is 14.1. The molecule has 0 N–H and O–H groups in total. The molecule has 1 amide bonds. The van der Waals surface area contributed by atoms with Crippen LogP contribution in [0.3, 0.4) is 0 Å². The van der Waals surface area contributed by atoms with Crippen LogP contribution >= 0.6 is 0 Å². The summed E-state index contributed by atoms with van der Waals surface area (Å²) in [6.07, 6.45) is 3.09. The number of nitrogens with zero attached hydrogens (tertiary/aromatic N) is 4. The predicted molar refractivity (Wildman–Crippen MR) is 106 cm³/mol. The fourth-order valence-corrected chi connectivity index (χ4v) is 3.58. The maximum absolute atomic E-state index is 12.4. The second kappa shape index (κ2) is 7.34. The van der Waals surface area contributed by atoms with E-state index in [0.717, 1.165) is 41.1 Å². The predicted octanol–water partition coefficient (Wildman–Crippen LogP) is 4.18. The largest absolute Gasteiger partial charge is 0.456 e. The van der Waals surface area contributed by atoms with Crippen LogP contribution in [0, 0.1) is 0 Å². The maximum Gasteiger partial charge on any atom is 0.414 e. The zero-order chi connectivity index (χ0) is 19.7. The Kier molecular flexibility index (Phi) is 4.73. The fourth-order valence-electron chi connectivity index (χ4n) is 3.58. The van der Waals surface area contributed by atoms with E-state index in [-0.39, 0.29) is 12.1 Å². The normalized spacial score (nSPS) is 15.8. The van der Waals surface area contributed by atoms with E-state index in [9.17, 15) is 4.79 Å². The highest BCUT2D eigenvalue weighted by molar-refractivity contribution is 5.92. The second-order valence-electron chi connectivity index (χ2n) is 6.86. The van der Waals surface area contributed by atoms with Gasteiger partial charge in [-0.15, -0.1) is 5.10 Å². The molecule has 28 heavy (non-hydrogen) atoms. The molecule has 7 heteroatoms. The third kappa shape index (κ3) is 3.19. The zero-order valence-electron chi connectivity index (χ0n) is 16.1. The topological polar surface area (TPSA) is 69.5 Å². The lowest BCUT2D eigenvalue weighted by Gasteiger charge is -2.35. The number of para-hydroxylation sites is 1. The molecule has 1 atom stereocenters. The molecule has 0 saturated heterocycles. The van der Waals surface area contributed by atoms with Crippen molar-refractivity contribution in [2.45, 2.75) is 25.8 Å². The van der Waals surface area contributed by atoms with Crippen molar-refractivity contribution in [1.82, 2.24) is 15.0 Å². The fraction of sp³-hybridized carbons (Fsp3) is 0.286. The molecule has 0 bridgehead atoms. The first kappa shape index (κ1) is 18.0. The van der Waals surface area contributed by atoms with Gasteiger partial charge in [-0.25, -0.2) is 4.79 Å². The van der Waals surface area contributed by atoms with E-state index < -0.39 is 0 Å². The van der Waals surface area contributed by atoms with Crippen molar-refractivity contribution in [3.63, 3.8) is 0 Å². The zero-order valence-corrected chi connectivity index (χ0v) is 16.1. The molecule has 0 saturated carbocycles. The van der Waals surface area contributed by atoms with Gasteiger partial charge in [-0.2, -0.15) is 0 Å². The number of anilines is 1. The first-order valence-corrected chi connectivity index (χ1v) is 9.21. The number of hydrogen-bond donors (Lipinski definition) is 0. The SMILES string of the molecule is COC(=O)N1c2ccc(-c3cn(C)nn3)c(Oc3ccccc3)c2CCC1C. The molecule has 1 aliphatic heterocycles. The first-order chi connectivity index (χ1) is 13.6. The summed E-state index contributed by atoms with van der Waals surface area (Å²) in [5.74, 6) is 1.43. The summed E-state index contributed by atoms with van der Waals surface area (Å²) in [5, 5.41) is 8.30. The van der Waals surface area contributed by atoms with Crippen LogP contribution in [-0.2, 0) is 18.2 Å². The summed E-state index contributed by atoms with van der Waals surface area (Å²) < 4.78 is 13.0. The van der Waals surface area contributed by atoms with Crippen LogP contribution in [0.5, 0.6) is 11.5 Å². The first-order valence-electron chi connectivity index (χ1n) is 9.21. The number of aromatic nitrogens is 3. The van der Waals surface area contributed by atoms with Crippen LogP contribution in [0.2, 0.25) is 0 Å². The lowest BCUT2D eigenvalue weighted by Crippen LogP contribution is -2.42. The third-order valence-electron chi connectivity index (χ3n) is 4.96. The molecule has 1 unspecified atom stereocenters. The maximum atomic E-state index is 12.4. The highest BCUT2D eigenvalue weighted by Gasteiger charge is 2.32. The van der Waals surface area contributed by atoms with Crippen LogP contribution in [0.4, 0.5) is 10.5 Å². The smallest absolute Gasteiger partial charge is 0.414 e. The van der Waals surface area contributed by atoms with Gasteiger partial charge < -0.3 is 9.47 Å². The quantitative estimate of drug-likeness (QED) is 0.684. The van der Waals surface area contributed by atoms with E-state index in [1.54, 1.807) is 9.58 Å². The highest BCUT2D eigenvalue weighted by atomic mass is 16.5. The third-order valence-corrected chi connectivity index (χ3v) is 4.96. The van der Waals surface area contributed by atoms with E-state index in [1.807, 2.05) is 62.6 Å². The lowest BCUT2D eigenvalue weighted by atomic mass is 9.93. The van der Waals surface area contributed by atoms with Crippen molar-refractivity contribution >= 4 is 11.8 Å². The van der Waals surface area contributed by atoms with Crippen molar-refractivity contribution in [2.24, 2.45) is 7.05 Å². The number of methoxy groups -OCH3 is 1. The van der Waals surface area contributed by atoms with E-state index >= 15 is 0 Å². The Labute approximate surface area is 163 Å². The number of rotatable bonds is 3. The van der Waals surface area contributed by atoms with Gasteiger partial charge in [0.05, 0.1) is 19.0 Å². The Morgan fingerprint density at radius 1 is 1.18 bits per heavy atom. The van der Waals surface area contributed by atoms with Crippen molar-refractivity contribution in [2.75, 3.05) is 12.0 Å². The average Bonchev–Trinajstić information content (AvgIpc) is 3.14. The Bertz CT molecular complexity index is 1000. The number of aryl methyl sites for hydroxylation is 1. The number of benzene rings is 2. The Hall–Kier alpha value is -3.35. The van der Waals surface area contributed by atoms with Gasteiger partial charge in [0.25, 0.3) is 0 Å². The number of amides is 1. The molecule has 3 aromatic rings. The van der Waals surface area contributed by atoms with Gasteiger partial charge in [0.2, 0.25) is 0 Å². The van der Waals surface area contributed by atoms with Crippen molar-refractivity contribution < 1.29 is 14.3 Å². The van der Waals surface area contributed by atoms with Crippen LogP contribution in [0.15, 0.2) is 48.7 Å². The van der Waals surface area contributed by atoms with E-state index in [4.69, 9.17) is 9.47 Å². The van der Waals surface area contributed by atoms with Crippen LogP contribution in [-0.4, -0.2) is 34.2 Å². The molecule has 1 aromatic heterocycles. The molecule has 0 fully saturated rings. The van der Waals surface area contributed by atoms with Gasteiger partial charge in [-0.3, -0.25) is 9.58 Å². The molecule has 2 aromatic carbocycles. The molecule has 1 aliphatic rings. The van der Waals surface area contributed by atoms with Crippen molar-refractivity contribution in [3.8, 4) is 22.8 Å². The van der Waals surface area contributed by atoms with Crippen LogP contribution < -0.4 is 9.64 Å². The molecular formula is C21H22N4O3. The van der Waals surface area contributed by atoms with Gasteiger partial charge in [0.15, 0.2) is 0 Å². The number of ether oxygens (including phenoxy) is 2. The minimum absolute atomic E-state index is 0.0480. The minimum Gasteiger partial charge on any atom is -0.456 e. The van der Waals surface area contributed by atoms with Gasteiger partial charge in [-0.1, -0.05) is 23.4 Å². The number of carbonyl (C=O) groups excluding carboxylic acids is 1. The standard InChI is InChI=1S/C21H22N4O3/c1-14-9-10-17-19(25(14)21(26)27-3)12-11-16(18-13-24(2)23-22-18)20(17)28-15-7-5-4-6-8-15/h4-8,11-14H,9-10H2,1-3H3. The molecule has 0 radical (unpaired) electrons. The number of hydrogen-bond acceptors (Lipinski definition) is 5. The van der Waals surface area contributed by atoms with Gasteiger partial charge >= 0.3 is 6.09 Å². The monoisotopic (exact) mass is 378 g/mol. The highest BCUT2D eigenvalue weighted by Crippen LogP contribution is 2.44. The van der Waals surface area contributed by atoms with Crippen molar-refractivity contribution in [3.05, 3.63) is 54.2 Å². The van der Waals surface area contributed by atoms with E-state index in [0.29, 0.717) is 5.75 Å². The second-order valence-corrected chi connectivity index (χ2v) is 6.86. The summed E-state index contributed by atoms with van der Waals surface area (Å²) >= 11 is 0. The molecule has 144 valence electrons. The van der Waals surface area contributed by atoms with Crippen LogP contribution in [0.1, 0.15) is 18.9 Å². The Balaban J connectivity index is 1.88. The van der Waals surface area contributed by atoms with Gasteiger partial charge in [-0.05, 0) is 44.0 Å². The lowest BCUT2D eigenvalue weighted by molar-refractivity contribution is 0.175. The summed E-state index contributed by atoms with van der Waals surface area (Å²) in [5.41, 5.74) is 3.34. The molecule has 0 spiro atoms. The summed E-state index contributed by atoms with van der Waals surface area (Å²) in [6, 6.07) is 13.5. The molecule has 2 heterocycles. The van der Waals surface area contributed by atoms with Crippen molar-refractivity contribution in [1.29, 1.82) is 0 Å². The number of fused-ring (bicyclic) bond motifs is 1. The summed E-state index contributed by atoms with van der Waals surface area (Å²) in [6.45, 7) is 2.02. The van der Waals surface area contributed by atoms with Crippen LogP contribution in [0.25, 0.3) is 11.3 Å². The Morgan fingerprint density at radius 3 is 2.64 bits per heavy atom. The van der Waals surface area contributed by atoms with E-state index in [2.05, 4.69) is 10.3 Å². The van der Waals surface area contributed by atoms with Gasteiger partial charge in [0, 0.05) is 24.2 Å². The minimum atomic E-state index is -0.369. The van der Waals surface area contributed by atoms with Gasteiger partial charge in [0.1, 0.15) is 17.2 Å². The molecule has 7 nitrogen and oxygen atoms in total. The number of carbonyl (C=O) groups is 1. The molecule has 4 rings (SSSR count). The summed E-state index contributed by atoms with van der Waals surface area (Å²) in [7, 11) is 3.23.